The number of fused-ring (bicyclic) bond motifs is 2. The van der Waals surface area contributed by atoms with Gasteiger partial charge >= 0.3 is 0 Å². The van der Waals surface area contributed by atoms with Gasteiger partial charge in [0, 0.05) is 16.1 Å². The predicted molar refractivity (Wildman–Crippen MR) is 87.2 cm³/mol. The Bertz CT molecular complexity index is 760. The van der Waals surface area contributed by atoms with E-state index in [9.17, 15) is 5.11 Å². The second kappa shape index (κ2) is 4.62. The van der Waals surface area contributed by atoms with E-state index in [1.54, 1.807) is 23.1 Å². The first-order valence-electron chi connectivity index (χ1n) is 6.60. The normalized spacial score (nSPS) is 18.1. The molecule has 2 aromatic rings. The van der Waals surface area contributed by atoms with Gasteiger partial charge in [0.1, 0.15) is 0 Å². The van der Waals surface area contributed by atoms with Crippen molar-refractivity contribution in [1.29, 1.82) is 0 Å². The summed E-state index contributed by atoms with van der Waals surface area (Å²) in [5.74, 6) is 0. The Kier molecular flexibility index (Phi) is 2.87. The van der Waals surface area contributed by atoms with Crippen molar-refractivity contribution in [3.05, 3.63) is 39.6 Å². The Morgan fingerprint density at radius 1 is 1.40 bits per heavy atom. The van der Waals surface area contributed by atoms with Gasteiger partial charge in [-0.05, 0) is 40.9 Å². The molecule has 2 aliphatic rings. The molecule has 0 radical (unpaired) electrons. The van der Waals surface area contributed by atoms with E-state index in [2.05, 4.69) is 40.4 Å². The standard InChI is InChI=1S/C15H14N2OS2/c1-9-8-19-12-3-2-10(6-11(9)12)14-13(7-18)20-15-16-4-5-17(14)15/h2-3,6,8,18H,4-5,7H2,1H3. The van der Waals surface area contributed by atoms with Crippen LogP contribution in [0, 0.1) is 6.92 Å². The lowest BCUT2D eigenvalue weighted by Crippen LogP contribution is -2.20. The highest BCUT2D eigenvalue weighted by Crippen LogP contribution is 2.42. The van der Waals surface area contributed by atoms with Crippen molar-refractivity contribution in [1.82, 2.24) is 4.90 Å². The van der Waals surface area contributed by atoms with Crippen molar-refractivity contribution in [2.45, 2.75) is 6.92 Å². The van der Waals surface area contributed by atoms with Crippen LogP contribution in [0.15, 0.2) is 33.5 Å². The lowest BCUT2D eigenvalue weighted by Gasteiger charge is -2.17. The molecule has 1 aromatic carbocycles. The molecule has 0 spiro atoms. The average Bonchev–Trinajstić information content (AvgIpc) is 3.12. The zero-order valence-corrected chi connectivity index (χ0v) is 12.7. The van der Waals surface area contributed by atoms with Crippen LogP contribution in [0.5, 0.6) is 0 Å². The fourth-order valence-electron chi connectivity index (χ4n) is 2.76. The maximum atomic E-state index is 9.62. The summed E-state index contributed by atoms with van der Waals surface area (Å²) < 4.78 is 1.32. The van der Waals surface area contributed by atoms with Crippen LogP contribution in [-0.4, -0.2) is 34.9 Å². The fraction of sp³-hybridized carbons (Fsp3) is 0.267. The average molecular weight is 302 g/mol. The highest BCUT2D eigenvalue weighted by Gasteiger charge is 2.32. The van der Waals surface area contributed by atoms with E-state index < -0.39 is 0 Å². The van der Waals surface area contributed by atoms with Crippen molar-refractivity contribution < 1.29 is 5.11 Å². The molecule has 1 N–H and O–H groups in total. The first-order chi connectivity index (χ1) is 9.78. The molecule has 0 saturated heterocycles. The van der Waals surface area contributed by atoms with Crippen LogP contribution in [0.2, 0.25) is 0 Å². The third-order valence-corrected chi connectivity index (χ3v) is 5.92. The number of hydrogen-bond acceptors (Lipinski definition) is 5. The molecular formula is C15H14N2OS2. The maximum absolute atomic E-state index is 9.62. The van der Waals surface area contributed by atoms with E-state index in [4.69, 9.17) is 0 Å². The van der Waals surface area contributed by atoms with Crippen molar-refractivity contribution in [3.63, 3.8) is 0 Å². The SMILES string of the molecule is Cc1csc2ccc(C3=C(CO)SC4=NCCN43)cc12. The van der Waals surface area contributed by atoms with Crippen molar-refractivity contribution >= 4 is 44.0 Å². The molecule has 102 valence electrons. The number of aliphatic hydroxyl groups is 1. The second-order valence-electron chi connectivity index (χ2n) is 4.98. The van der Waals surface area contributed by atoms with Gasteiger partial charge in [0.15, 0.2) is 5.17 Å². The van der Waals surface area contributed by atoms with Crippen LogP contribution < -0.4 is 0 Å². The largest absolute Gasteiger partial charge is 0.391 e. The molecule has 0 amide bonds. The monoisotopic (exact) mass is 302 g/mol. The minimum atomic E-state index is 0.0795. The van der Waals surface area contributed by atoms with E-state index in [0.717, 1.165) is 28.9 Å². The first-order valence-corrected chi connectivity index (χ1v) is 8.29. The van der Waals surface area contributed by atoms with E-state index in [1.165, 1.54) is 21.2 Å². The molecule has 3 nitrogen and oxygen atoms in total. The summed E-state index contributed by atoms with van der Waals surface area (Å²) >= 11 is 3.39. The van der Waals surface area contributed by atoms with Gasteiger partial charge in [0.25, 0.3) is 0 Å². The molecule has 2 aliphatic heterocycles. The summed E-state index contributed by atoms with van der Waals surface area (Å²) in [4.78, 5) is 7.74. The van der Waals surface area contributed by atoms with Gasteiger partial charge in [-0.1, -0.05) is 17.8 Å². The van der Waals surface area contributed by atoms with Crippen LogP contribution in [0.4, 0.5) is 0 Å². The molecule has 20 heavy (non-hydrogen) atoms. The Balaban J connectivity index is 1.88. The first kappa shape index (κ1) is 12.4. The summed E-state index contributed by atoms with van der Waals surface area (Å²) in [7, 11) is 0. The molecule has 0 aliphatic carbocycles. The molecule has 4 rings (SSSR count). The predicted octanol–water partition coefficient (Wildman–Crippen LogP) is 3.29. The van der Waals surface area contributed by atoms with Gasteiger partial charge in [-0.2, -0.15) is 0 Å². The second-order valence-corrected chi connectivity index (χ2v) is 6.95. The summed E-state index contributed by atoms with van der Waals surface area (Å²) in [5.41, 5.74) is 3.64. The number of amidine groups is 1. The minimum Gasteiger partial charge on any atom is -0.391 e. The number of rotatable bonds is 2. The number of thiophene rings is 1. The number of hydrogen-bond donors (Lipinski definition) is 1. The zero-order valence-electron chi connectivity index (χ0n) is 11.1. The van der Waals surface area contributed by atoms with Gasteiger partial charge in [-0.25, -0.2) is 0 Å². The third kappa shape index (κ3) is 1.74. The lowest BCUT2D eigenvalue weighted by atomic mass is 10.1. The lowest BCUT2D eigenvalue weighted by molar-refractivity contribution is 0.339. The van der Waals surface area contributed by atoms with E-state index in [0.29, 0.717) is 0 Å². The number of nitrogens with zero attached hydrogens (tertiary/aromatic N) is 2. The highest BCUT2D eigenvalue weighted by molar-refractivity contribution is 8.17. The van der Waals surface area contributed by atoms with Crippen molar-refractivity contribution in [2.75, 3.05) is 19.7 Å². The molecular weight excluding hydrogens is 288 g/mol. The zero-order chi connectivity index (χ0) is 13.7. The third-order valence-electron chi connectivity index (χ3n) is 3.73. The summed E-state index contributed by atoms with van der Waals surface area (Å²) in [5, 5.41) is 14.2. The van der Waals surface area contributed by atoms with Crippen LogP contribution in [0.25, 0.3) is 15.8 Å². The van der Waals surface area contributed by atoms with Crippen LogP contribution in [0.3, 0.4) is 0 Å². The number of aryl methyl sites for hydroxylation is 1. The Morgan fingerprint density at radius 2 is 2.30 bits per heavy atom. The van der Waals surface area contributed by atoms with E-state index in [1.807, 2.05) is 0 Å². The van der Waals surface area contributed by atoms with Crippen LogP contribution in [-0.2, 0) is 0 Å². The van der Waals surface area contributed by atoms with Gasteiger partial charge in [0.05, 0.1) is 18.8 Å². The number of benzene rings is 1. The van der Waals surface area contributed by atoms with E-state index in [-0.39, 0.29) is 6.61 Å². The number of aliphatic hydroxyl groups excluding tert-OH is 1. The molecule has 0 bridgehead atoms. The Labute approximate surface area is 125 Å². The minimum absolute atomic E-state index is 0.0795. The number of thioether (sulfide) groups is 1. The molecule has 0 unspecified atom stereocenters. The fourth-order valence-corrected chi connectivity index (χ4v) is 4.74. The van der Waals surface area contributed by atoms with Crippen molar-refractivity contribution in [3.8, 4) is 0 Å². The number of aliphatic imine (C=N–C) groups is 1. The van der Waals surface area contributed by atoms with E-state index >= 15 is 0 Å². The van der Waals surface area contributed by atoms with Crippen molar-refractivity contribution in [2.24, 2.45) is 4.99 Å². The van der Waals surface area contributed by atoms with Gasteiger partial charge in [-0.3, -0.25) is 4.99 Å². The summed E-state index contributed by atoms with van der Waals surface area (Å²) in [6, 6.07) is 6.58. The molecule has 1 aromatic heterocycles. The van der Waals surface area contributed by atoms with Gasteiger partial charge in [-0.15, -0.1) is 11.3 Å². The Hall–Kier alpha value is -1.30. The molecule has 0 atom stereocenters. The molecule has 3 heterocycles. The highest BCUT2D eigenvalue weighted by atomic mass is 32.2. The quantitative estimate of drug-likeness (QED) is 0.924. The molecule has 0 fully saturated rings. The molecule has 5 heteroatoms. The smallest absolute Gasteiger partial charge is 0.168 e. The maximum Gasteiger partial charge on any atom is 0.168 e. The topological polar surface area (TPSA) is 35.8 Å². The van der Waals surface area contributed by atoms with Gasteiger partial charge < -0.3 is 10.0 Å². The molecule has 0 saturated carbocycles. The van der Waals surface area contributed by atoms with Crippen LogP contribution >= 0.6 is 23.1 Å². The van der Waals surface area contributed by atoms with Gasteiger partial charge in [0.2, 0.25) is 0 Å². The van der Waals surface area contributed by atoms with Crippen LogP contribution in [0.1, 0.15) is 11.1 Å². The summed E-state index contributed by atoms with van der Waals surface area (Å²) in [6.45, 7) is 4.00. The summed E-state index contributed by atoms with van der Waals surface area (Å²) in [6.07, 6.45) is 0. The Morgan fingerprint density at radius 3 is 3.15 bits per heavy atom.